The first-order valence-electron chi connectivity index (χ1n) is 6.46. The number of ether oxygens (including phenoxy) is 2. The van der Waals surface area contributed by atoms with Crippen molar-refractivity contribution in [3.05, 3.63) is 58.1 Å². The summed E-state index contributed by atoms with van der Waals surface area (Å²) in [5.41, 5.74) is 2.67. The molecule has 1 aliphatic rings. The first-order valence-corrected chi connectivity index (χ1v) is 6.84. The topological polar surface area (TPSA) is 38.7 Å². The summed E-state index contributed by atoms with van der Waals surface area (Å²) in [6.07, 6.45) is 0.140. The molecule has 1 heterocycles. The van der Waals surface area contributed by atoms with Crippen LogP contribution in [-0.2, 0) is 6.42 Å². The second kappa shape index (κ2) is 5.35. The van der Waals surface area contributed by atoms with Gasteiger partial charge in [0, 0.05) is 17.0 Å². The highest BCUT2D eigenvalue weighted by Crippen LogP contribution is 2.35. The van der Waals surface area contributed by atoms with E-state index in [1.807, 2.05) is 18.2 Å². The number of aliphatic hydroxyl groups is 1. The third-order valence-corrected chi connectivity index (χ3v) is 3.75. The molecule has 0 saturated carbocycles. The Morgan fingerprint density at radius 2 is 2.10 bits per heavy atom. The Morgan fingerprint density at radius 3 is 2.90 bits per heavy atom. The summed E-state index contributed by atoms with van der Waals surface area (Å²) in [5.74, 6) is 1.49. The molecule has 2 aromatic carbocycles. The van der Waals surface area contributed by atoms with Gasteiger partial charge in [-0.2, -0.15) is 0 Å². The first kappa shape index (κ1) is 13.3. The molecule has 1 atom stereocenters. The maximum absolute atomic E-state index is 10.6. The summed E-state index contributed by atoms with van der Waals surface area (Å²) in [4.78, 5) is 0. The molecule has 0 bridgehead atoms. The molecule has 2 aromatic rings. The smallest absolute Gasteiger partial charge is 0.126 e. The molecule has 0 saturated heterocycles. The maximum Gasteiger partial charge on any atom is 0.126 e. The zero-order valence-electron chi connectivity index (χ0n) is 11.1. The monoisotopic (exact) mass is 290 g/mol. The van der Waals surface area contributed by atoms with Gasteiger partial charge in [0.2, 0.25) is 0 Å². The van der Waals surface area contributed by atoms with Gasteiger partial charge in [-0.15, -0.1) is 0 Å². The number of fused-ring (bicyclic) bond motifs is 1. The normalized spacial score (nSPS) is 14.6. The molecule has 1 aliphatic heterocycles. The zero-order valence-corrected chi connectivity index (χ0v) is 11.9. The van der Waals surface area contributed by atoms with Gasteiger partial charge < -0.3 is 14.6 Å². The minimum absolute atomic E-state index is 0.583. The van der Waals surface area contributed by atoms with Crippen molar-refractivity contribution < 1.29 is 14.6 Å². The van der Waals surface area contributed by atoms with Crippen LogP contribution in [0.25, 0.3) is 0 Å². The Bertz CT molecular complexity index is 640. The largest absolute Gasteiger partial charge is 0.496 e. The van der Waals surface area contributed by atoms with Crippen LogP contribution in [0, 0.1) is 0 Å². The van der Waals surface area contributed by atoms with Gasteiger partial charge in [-0.3, -0.25) is 0 Å². The van der Waals surface area contributed by atoms with Crippen LogP contribution >= 0.6 is 11.6 Å². The molecule has 0 fully saturated rings. The molecule has 1 unspecified atom stereocenters. The predicted octanol–water partition coefficient (Wildman–Crippen LogP) is 3.37. The van der Waals surface area contributed by atoms with Crippen molar-refractivity contribution in [3.8, 4) is 11.5 Å². The van der Waals surface area contributed by atoms with Gasteiger partial charge >= 0.3 is 0 Å². The van der Waals surface area contributed by atoms with Crippen LogP contribution in [0.3, 0.4) is 0 Å². The van der Waals surface area contributed by atoms with Crippen LogP contribution in [0.1, 0.15) is 22.8 Å². The lowest BCUT2D eigenvalue weighted by Crippen LogP contribution is -2.02. The Morgan fingerprint density at radius 1 is 1.25 bits per heavy atom. The van der Waals surface area contributed by atoms with Crippen LogP contribution in [0.4, 0.5) is 0 Å². The van der Waals surface area contributed by atoms with Gasteiger partial charge in [0.25, 0.3) is 0 Å². The number of rotatable bonds is 3. The number of halogens is 1. The summed E-state index contributed by atoms with van der Waals surface area (Å²) in [6, 6.07) is 11.0. The van der Waals surface area contributed by atoms with E-state index in [4.69, 9.17) is 21.1 Å². The van der Waals surface area contributed by atoms with Gasteiger partial charge in [-0.1, -0.05) is 23.7 Å². The highest BCUT2D eigenvalue weighted by molar-refractivity contribution is 6.30. The van der Waals surface area contributed by atoms with Crippen molar-refractivity contribution in [1.29, 1.82) is 0 Å². The summed E-state index contributed by atoms with van der Waals surface area (Å²) in [7, 11) is 1.57. The van der Waals surface area contributed by atoms with Crippen molar-refractivity contribution in [2.75, 3.05) is 13.7 Å². The van der Waals surface area contributed by atoms with Crippen molar-refractivity contribution >= 4 is 11.6 Å². The molecule has 0 radical (unpaired) electrons. The average molecular weight is 291 g/mol. The minimum atomic E-state index is -0.742. The molecule has 0 aliphatic carbocycles. The van der Waals surface area contributed by atoms with Crippen LogP contribution in [-0.4, -0.2) is 18.8 Å². The molecule has 104 valence electrons. The number of methoxy groups -OCH3 is 1. The van der Waals surface area contributed by atoms with E-state index >= 15 is 0 Å². The minimum Gasteiger partial charge on any atom is -0.496 e. The molecule has 1 N–H and O–H groups in total. The fraction of sp³-hybridized carbons (Fsp3) is 0.250. The highest BCUT2D eigenvalue weighted by Gasteiger charge is 2.19. The van der Waals surface area contributed by atoms with E-state index in [9.17, 15) is 5.11 Å². The van der Waals surface area contributed by atoms with Gasteiger partial charge in [0.1, 0.15) is 17.6 Å². The fourth-order valence-corrected chi connectivity index (χ4v) is 2.63. The summed E-state index contributed by atoms with van der Waals surface area (Å²) >= 11 is 5.94. The highest BCUT2D eigenvalue weighted by atomic mass is 35.5. The second-order valence-corrected chi connectivity index (χ2v) is 5.19. The number of hydrogen-bond donors (Lipinski definition) is 1. The number of benzene rings is 2. The standard InChI is InChI=1S/C16H15ClO3/c1-19-15-9-12(17)3-4-13(15)16(18)11-2-5-14-10(8-11)6-7-20-14/h2-5,8-9,16,18H,6-7H2,1H3. The first-order chi connectivity index (χ1) is 9.69. The molecule has 20 heavy (non-hydrogen) atoms. The number of hydrogen-bond acceptors (Lipinski definition) is 3. The average Bonchev–Trinajstić information content (AvgIpc) is 2.93. The molecule has 0 amide bonds. The molecule has 3 nitrogen and oxygen atoms in total. The quantitative estimate of drug-likeness (QED) is 0.942. The van der Waals surface area contributed by atoms with Crippen molar-refractivity contribution in [3.63, 3.8) is 0 Å². The summed E-state index contributed by atoms with van der Waals surface area (Å²) in [6.45, 7) is 0.707. The Hall–Kier alpha value is -1.71. The van der Waals surface area contributed by atoms with Crippen LogP contribution in [0.5, 0.6) is 11.5 Å². The van der Waals surface area contributed by atoms with E-state index < -0.39 is 6.10 Å². The summed E-state index contributed by atoms with van der Waals surface area (Å²) in [5, 5.41) is 11.1. The lowest BCUT2D eigenvalue weighted by molar-refractivity contribution is 0.214. The Balaban J connectivity index is 1.98. The van der Waals surface area contributed by atoms with Crippen LogP contribution < -0.4 is 9.47 Å². The van der Waals surface area contributed by atoms with Gasteiger partial charge in [-0.25, -0.2) is 0 Å². The second-order valence-electron chi connectivity index (χ2n) is 4.75. The van der Waals surface area contributed by atoms with E-state index in [0.29, 0.717) is 22.9 Å². The summed E-state index contributed by atoms with van der Waals surface area (Å²) < 4.78 is 10.8. The van der Waals surface area contributed by atoms with Crippen molar-refractivity contribution in [2.45, 2.75) is 12.5 Å². The zero-order chi connectivity index (χ0) is 14.1. The molecular formula is C16H15ClO3. The van der Waals surface area contributed by atoms with E-state index in [-0.39, 0.29) is 0 Å². The lowest BCUT2D eigenvalue weighted by atomic mass is 9.98. The SMILES string of the molecule is COc1cc(Cl)ccc1C(O)c1ccc2c(c1)CCO2. The van der Waals surface area contributed by atoms with Crippen LogP contribution in [0.2, 0.25) is 5.02 Å². The van der Waals surface area contributed by atoms with E-state index in [1.54, 1.807) is 25.3 Å². The molecular weight excluding hydrogens is 276 g/mol. The molecule has 0 aromatic heterocycles. The van der Waals surface area contributed by atoms with Gasteiger partial charge in [-0.05, 0) is 35.4 Å². The third-order valence-electron chi connectivity index (χ3n) is 3.52. The van der Waals surface area contributed by atoms with Gasteiger partial charge in [0.05, 0.1) is 13.7 Å². The van der Waals surface area contributed by atoms with Crippen molar-refractivity contribution in [1.82, 2.24) is 0 Å². The third kappa shape index (κ3) is 2.35. The number of aliphatic hydroxyl groups excluding tert-OH is 1. The maximum atomic E-state index is 10.6. The molecule has 0 spiro atoms. The van der Waals surface area contributed by atoms with E-state index in [2.05, 4.69) is 0 Å². The predicted molar refractivity (Wildman–Crippen MR) is 77.7 cm³/mol. The Kier molecular flexibility index (Phi) is 3.55. The molecule has 3 rings (SSSR count). The Labute approximate surface area is 122 Å². The van der Waals surface area contributed by atoms with Crippen molar-refractivity contribution in [2.24, 2.45) is 0 Å². The fourth-order valence-electron chi connectivity index (χ4n) is 2.47. The van der Waals surface area contributed by atoms with E-state index in [1.165, 1.54) is 0 Å². The van der Waals surface area contributed by atoms with Crippen LogP contribution in [0.15, 0.2) is 36.4 Å². The lowest BCUT2D eigenvalue weighted by Gasteiger charge is -2.16. The van der Waals surface area contributed by atoms with Gasteiger partial charge in [0.15, 0.2) is 0 Å². The van der Waals surface area contributed by atoms with E-state index in [0.717, 1.165) is 23.3 Å². The molecule has 4 heteroatoms.